The highest BCUT2D eigenvalue weighted by molar-refractivity contribution is 5.49. The third kappa shape index (κ3) is 2.85. The summed E-state index contributed by atoms with van der Waals surface area (Å²) in [7, 11) is 3.56. The summed E-state index contributed by atoms with van der Waals surface area (Å²) >= 11 is 0. The highest BCUT2D eigenvalue weighted by Crippen LogP contribution is 2.28. The SMILES string of the molecule is CNC1CCCCc2nc(-c3ccc(OC)nn3)ncc21. The second kappa shape index (κ2) is 6.13. The molecule has 0 aromatic carbocycles. The summed E-state index contributed by atoms with van der Waals surface area (Å²) in [6.07, 6.45) is 6.42. The zero-order chi connectivity index (χ0) is 14.7. The summed E-state index contributed by atoms with van der Waals surface area (Å²) in [5.74, 6) is 1.12. The Balaban J connectivity index is 1.95. The smallest absolute Gasteiger partial charge is 0.233 e. The lowest BCUT2D eigenvalue weighted by molar-refractivity contribution is 0.392. The normalized spacial score (nSPS) is 17.9. The second-order valence-corrected chi connectivity index (χ2v) is 5.14. The van der Waals surface area contributed by atoms with E-state index >= 15 is 0 Å². The first-order valence-electron chi connectivity index (χ1n) is 7.23. The molecular formula is C15H19N5O. The van der Waals surface area contributed by atoms with E-state index in [2.05, 4.69) is 20.5 Å². The van der Waals surface area contributed by atoms with E-state index in [1.807, 2.05) is 19.3 Å². The Hall–Kier alpha value is -2.08. The minimum atomic E-state index is 0.346. The van der Waals surface area contributed by atoms with Crippen LogP contribution in [-0.4, -0.2) is 34.3 Å². The van der Waals surface area contributed by atoms with E-state index in [-0.39, 0.29) is 0 Å². The van der Waals surface area contributed by atoms with Crippen molar-refractivity contribution < 1.29 is 4.74 Å². The second-order valence-electron chi connectivity index (χ2n) is 5.14. The molecule has 2 aromatic heterocycles. The summed E-state index contributed by atoms with van der Waals surface area (Å²) < 4.78 is 5.02. The molecule has 6 heteroatoms. The van der Waals surface area contributed by atoms with E-state index in [1.165, 1.54) is 12.0 Å². The molecule has 3 rings (SSSR count). The monoisotopic (exact) mass is 285 g/mol. The van der Waals surface area contributed by atoms with Gasteiger partial charge in [-0.2, -0.15) is 0 Å². The van der Waals surface area contributed by atoms with Crippen LogP contribution in [0.4, 0.5) is 0 Å². The van der Waals surface area contributed by atoms with Crippen LogP contribution < -0.4 is 10.1 Å². The van der Waals surface area contributed by atoms with Crippen LogP contribution >= 0.6 is 0 Å². The Kier molecular flexibility index (Phi) is 4.06. The van der Waals surface area contributed by atoms with Crippen molar-refractivity contribution in [3.8, 4) is 17.4 Å². The van der Waals surface area contributed by atoms with E-state index in [0.717, 1.165) is 25.0 Å². The molecule has 6 nitrogen and oxygen atoms in total. The van der Waals surface area contributed by atoms with E-state index in [4.69, 9.17) is 9.72 Å². The molecule has 2 heterocycles. The molecule has 0 aliphatic heterocycles. The average molecular weight is 285 g/mol. The molecule has 0 fully saturated rings. The van der Waals surface area contributed by atoms with Crippen molar-refractivity contribution in [1.82, 2.24) is 25.5 Å². The Morgan fingerprint density at radius 2 is 2.14 bits per heavy atom. The molecule has 0 saturated heterocycles. The maximum absolute atomic E-state index is 5.02. The number of methoxy groups -OCH3 is 1. The molecule has 1 aliphatic rings. The van der Waals surface area contributed by atoms with Gasteiger partial charge in [-0.05, 0) is 32.4 Å². The van der Waals surface area contributed by atoms with E-state index in [9.17, 15) is 0 Å². The number of hydrogen-bond acceptors (Lipinski definition) is 6. The predicted octanol–water partition coefficient (Wildman–Crippen LogP) is 1.93. The first kappa shape index (κ1) is 13.9. The molecule has 1 N–H and O–H groups in total. The summed E-state index contributed by atoms with van der Waals surface area (Å²) in [4.78, 5) is 9.17. The van der Waals surface area contributed by atoms with Gasteiger partial charge in [-0.3, -0.25) is 0 Å². The molecule has 0 bridgehead atoms. The topological polar surface area (TPSA) is 72.8 Å². The molecular weight excluding hydrogens is 266 g/mol. The van der Waals surface area contributed by atoms with Gasteiger partial charge in [0.25, 0.3) is 0 Å². The number of nitrogens with zero attached hydrogens (tertiary/aromatic N) is 4. The Morgan fingerprint density at radius 1 is 1.24 bits per heavy atom. The Morgan fingerprint density at radius 3 is 2.86 bits per heavy atom. The van der Waals surface area contributed by atoms with Gasteiger partial charge in [0.2, 0.25) is 5.88 Å². The fourth-order valence-corrected chi connectivity index (χ4v) is 2.69. The maximum atomic E-state index is 5.02. The largest absolute Gasteiger partial charge is 0.480 e. The minimum Gasteiger partial charge on any atom is -0.480 e. The van der Waals surface area contributed by atoms with Gasteiger partial charge in [0, 0.05) is 29.6 Å². The molecule has 0 spiro atoms. The minimum absolute atomic E-state index is 0.346. The first-order valence-corrected chi connectivity index (χ1v) is 7.23. The van der Waals surface area contributed by atoms with Crippen LogP contribution in [0.15, 0.2) is 18.3 Å². The van der Waals surface area contributed by atoms with Gasteiger partial charge in [0.05, 0.1) is 7.11 Å². The first-order chi connectivity index (χ1) is 10.3. The van der Waals surface area contributed by atoms with Gasteiger partial charge in [-0.1, -0.05) is 6.42 Å². The van der Waals surface area contributed by atoms with Crippen LogP contribution in [0.3, 0.4) is 0 Å². The highest BCUT2D eigenvalue weighted by Gasteiger charge is 2.19. The summed E-state index contributed by atoms with van der Waals surface area (Å²) in [5.41, 5.74) is 3.00. The van der Waals surface area contributed by atoms with Crippen molar-refractivity contribution in [3.63, 3.8) is 0 Å². The lowest BCUT2D eigenvalue weighted by Gasteiger charge is -2.16. The molecule has 0 radical (unpaired) electrons. The van der Waals surface area contributed by atoms with E-state index in [1.54, 1.807) is 13.2 Å². The predicted molar refractivity (Wildman–Crippen MR) is 79.0 cm³/mol. The van der Waals surface area contributed by atoms with Crippen LogP contribution in [0.1, 0.15) is 36.6 Å². The van der Waals surface area contributed by atoms with Gasteiger partial charge in [0.1, 0.15) is 5.69 Å². The summed E-state index contributed by atoms with van der Waals surface area (Å²) in [5, 5.41) is 11.4. The third-order valence-electron chi connectivity index (χ3n) is 3.86. The van der Waals surface area contributed by atoms with Crippen LogP contribution in [-0.2, 0) is 6.42 Å². The molecule has 1 unspecified atom stereocenters. The van der Waals surface area contributed by atoms with Crippen molar-refractivity contribution >= 4 is 0 Å². The van der Waals surface area contributed by atoms with Gasteiger partial charge >= 0.3 is 0 Å². The summed E-state index contributed by atoms with van der Waals surface area (Å²) in [6, 6.07) is 3.95. The summed E-state index contributed by atoms with van der Waals surface area (Å²) in [6.45, 7) is 0. The molecule has 1 atom stereocenters. The van der Waals surface area contributed by atoms with Gasteiger partial charge < -0.3 is 10.1 Å². The maximum Gasteiger partial charge on any atom is 0.233 e. The highest BCUT2D eigenvalue weighted by atomic mass is 16.5. The molecule has 21 heavy (non-hydrogen) atoms. The van der Waals surface area contributed by atoms with Gasteiger partial charge in [0.15, 0.2) is 5.82 Å². The van der Waals surface area contributed by atoms with Crippen LogP contribution in [0, 0.1) is 0 Å². The Labute approximate surface area is 124 Å². The molecule has 110 valence electrons. The fraction of sp³-hybridized carbons (Fsp3) is 0.467. The number of ether oxygens (including phenoxy) is 1. The van der Waals surface area contributed by atoms with E-state index in [0.29, 0.717) is 23.4 Å². The molecule has 2 aromatic rings. The van der Waals surface area contributed by atoms with Crippen molar-refractivity contribution in [2.75, 3.05) is 14.2 Å². The van der Waals surface area contributed by atoms with Gasteiger partial charge in [-0.25, -0.2) is 9.97 Å². The molecule has 0 saturated carbocycles. The number of aryl methyl sites for hydroxylation is 1. The van der Waals surface area contributed by atoms with Crippen molar-refractivity contribution in [2.45, 2.75) is 31.7 Å². The lowest BCUT2D eigenvalue weighted by Crippen LogP contribution is -2.17. The lowest BCUT2D eigenvalue weighted by atomic mass is 10.1. The van der Waals surface area contributed by atoms with Crippen molar-refractivity contribution in [1.29, 1.82) is 0 Å². The number of nitrogens with one attached hydrogen (secondary N) is 1. The van der Waals surface area contributed by atoms with Crippen LogP contribution in [0.2, 0.25) is 0 Å². The standard InChI is InChI=1S/C15H19N5O/c1-16-11-5-3-4-6-12-10(11)9-17-15(18-12)13-7-8-14(21-2)20-19-13/h7-9,11,16H,3-6H2,1-2H3. The Bertz CT molecular complexity index is 614. The zero-order valence-corrected chi connectivity index (χ0v) is 12.3. The van der Waals surface area contributed by atoms with Crippen LogP contribution in [0.5, 0.6) is 5.88 Å². The van der Waals surface area contributed by atoms with Gasteiger partial charge in [-0.15, -0.1) is 10.2 Å². The van der Waals surface area contributed by atoms with Crippen molar-refractivity contribution in [3.05, 3.63) is 29.6 Å². The molecule has 1 aliphatic carbocycles. The number of hydrogen-bond donors (Lipinski definition) is 1. The quantitative estimate of drug-likeness (QED) is 0.869. The average Bonchev–Trinajstić information content (AvgIpc) is 2.76. The van der Waals surface area contributed by atoms with Crippen molar-refractivity contribution in [2.24, 2.45) is 0 Å². The number of fused-ring (bicyclic) bond motifs is 1. The van der Waals surface area contributed by atoms with E-state index < -0.39 is 0 Å². The molecule has 0 amide bonds. The third-order valence-corrected chi connectivity index (χ3v) is 3.86. The van der Waals surface area contributed by atoms with Crippen LogP contribution in [0.25, 0.3) is 11.5 Å². The fourth-order valence-electron chi connectivity index (χ4n) is 2.69. The number of aromatic nitrogens is 4. The zero-order valence-electron chi connectivity index (χ0n) is 12.3. The number of rotatable bonds is 3.